The van der Waals surface area contributed by atoms with Crippen molar-refractivity contribution in [2.75, 3.05) is 5.32 Å². The fourth-order valence-corrected chi connectivity index (χ4v) is 4.38. The van der Waals surface area contributed by atoms with E-state index in [-0.39, 0.29) is 11.3 Å². The van der Waals surface area contributed by atoms with Gasteiger partial charge >= 0.3 is 0 Å². The highest BCUT2D eigenvalue weighted by atomic mass is 32.2. The van der Waals surface area contributed by atoms with Crippen LogP contribution in [0.1, 0.15) is 43.0 Å². The maximum absolute atomic E-state index is 12.2. The van der Waals surface area contributed by atoms with E-state index in [0.717, 1.165) is 15.7 Å². The summed E-state index contributed by atoms with van der Waals surface area (Å²) in [6.07, 6.45) is 3.32. The third-order valence-corrected chi connectivity index (χ3v) is 6.33. The van der Waals surface area contributed by atoms with Crippen molar-refractivity contribution in [2.45, 2.75) is 43.2 Å². The van der Waals surface area contributed by atoms with Crippen LogP contribution in [0.15, 0.2) is 58.9 Å². The van der Waals surface area contributed by atoms with Gasteiger partial charge in [-0.3, -0.25) is 10.1 Å². The van der Waals surface area contributed by atoms with Crippen LogP contribution in [0.4, 0.5) is 5.13 Å². The van der Waals surface area contributed by atoms with Crippen molar-refractivity contribution in [1.82, 2.24) is 10.2 Å². The first-order valence-corrected chi connectivity index (χ1v) is 11.2. The number of nitrogens with one attached hydrogen (secondary N) is 1. The lowest BCUT2D eigenvalue weighted by Crippen LogP contribution is -2.10. The molecule has 0 aliphatic heterocycles. The minimum absolute atomic E-state index is 0.118. The van der Waals surface area contributed by atoms with E-state index in [1.165, 1.54) is 34.1 Å². The summed E-state index contributed by atoms with van der Waals surface area (Å²) < 4.78 is 0.837. The highest BCUT2D eigenvalue weighted by molar-refractivity contribution is 8.00. The van der Waals surface area contributed by atoms with Gasteiger partial charge in [0.15, 0.2) is 4.34 Å². The average molecular weight is 424 g/mol. The lowest BCUT2D eigenvalue weighted by molar-refractivity contribution is -0.111. The monoisotopic (exact) mass is 423 g/mol. The molecule has 1 aromatic heterocycles. The van der Waals surface area contributed by atoms with Gasteiger partial charge in [0.1, 0.15) is 0 Å². The maximum atomic E-state index is 12.2. The highest BCUT2D eigenvalue weighted by Crippen LogP contribution is 2.28. The molecule has 0 saturated heterocycles. The molecule has 150 valence electrons. The molecule has 0 bridgehead atoms. The SMILES string of the molecule is Cc1cccc(CSc2nnc(NC(=O)/C=C/c3ccc(C(C)(C)C)cc3)s2)c1. The number of benzene rings is 2. The lowest BCUT2D eigenvalue weighted by atomic mass is 9.87. The number of aryl methyl sites for hydroxylation is 1. The number of aromatic nitrogens is 2. The van der Waals surface area contributed by atoms with Crippen LogP contribution in [-0.2, 0) is 16.0 Å². The Bertz CT molecular complexity index is 1000. The molecule has 1 N–H and O–H groups in total. The average Bonchev–Trinajstić information content (AvgIpc) is 3.12. The second-order valence-electron chi connectivity index (χ2n) is 7.85. The Morgan fingerprint density at radius 3 is 2.59 bits per heavy atom. The molecule has 0 aliphatic rings. The van der Waals surface area contributed by atoms with Gasteiger partial charge in [0, 0.05) is 11.8 Å². The molecule has 0 fully saturated rings. The van der Waals surface area contributed by atoms with Crippen LogP contribution in [0.2, 0.25) is 0 Å². The molecule has 1 amide bonds. The van der Waals surface area contributed by atoms with Gasteiger partial charge in [-0.2, -0.15) is 0 Å². The van der Waals surface area contributed by atoms with Crippen molar-refractivity contribution < 1.29 is 4.79 Å². The summed E-state index contributed by atoms with van der Waals surface area (Å²) in [5.41, 5.74) is 4.86. The van der Waals surface area contributed by atoms with E-state index in [1.807, 2.05) is 12.1 Å². The summed E-state index contributed by atoms with van der Waals surface area (Å²) in [6, 6.07) is 16.6. The summed E-state index contributed by atoms with van der Waals surface area (Å²) in [7, 11) is 0. The second-order valence-corrected chi connectivity index (χ2v) is 10.0. The number of nitrogens with zero attached hydrogens (tertiary/aromatic N) is 2. The van der Waals surface area contributed by atoms with Crippen LogP contribution in [0.3, 0.4) is 0 Å². The fraction of sp³-hybridized carbons (Fsp3) is 0.261. The molecule has 0 atom stereocenters. The minimum Gasteiger partial charge on any atom is -0.297 e. The van der Waals surface area contributed by atoms with E-state index >= 15 is 0 Å². The van der Waals surface area contributed by atoms with Crippen LogP contribution in [0.5, 0.6) is 0 Å². The maximum Gasteiger partial charge on any atom is 0.250 e. The van der Waals surface area contributed by atoms with Crippen molar-refractivity contribution in [1.29, 1.82) is 0 Å². The van der Waals surface area contributed by atoms with Crippen LogP contribution < -0.4 is 5.32 Å². The van der Waals surface area contributed by atoms with E-state index < -0.39 is 0 Å². The standard InChI is InChI=1S/C23H25N3OS2/c1-16-6-5-7-18(14-16)15-28-22-26-25-21(29-22)24-20(27)13-10-17-8-11-19(12-9-17)23(2,3)4/h5-14H,15H2,1-4H3,(H,24,25,27)/b13-10+. The third kappa shape index (κ3) is 6.54. The van der Waals surface area contributed by atoms with E-state index in [9.17, 15) is 4.79 Å². The molecule has 3 aromatic rings. The van der Waals surface area contributed by atoms with Gasteiger partial charge in [0.25, 0.3) is 0 Å². The topological polar surface area (TPSA) is 54.9 Å². The highest BCUT2D eigenvalue weighted by Gasteiger charge is 2.12. The summed E-state index contributed by atoms with van der Waals surface area (Å²) >= 11 is 3.01. The Hall–Kier alpha value is -2.44. The first kappa shape index (κ1) is 21.3. The molecule has 4 nitrogen and oxygen atoms in total. The molecule has 0 unspecified atom stereocenters. The number of carbonyl (C=O) groups excluding carboxylic acids is 1. The summed E-state index contributed by atoms with van der Waals surface area (Å²) in [5.74, 6) is 0.616. The Kier molecular flexibility index (Phi) is 6.87. The number of amides is 1. The third-order valence-electron chi connectivity index (χ3n) is 4.29. The van der Waals surface area contributed by atoms with Gasteiger partial charge in [-0.05, 0) is 35.1 Å². The summed E-state index contributed by atoms with van der Waals surface area (Å²) in [5, 5.41) is 11.5. The van der Waals surface area contributed by atoms with Crippen molar-refractivity contribution in [3.05, 3.63) is 76.9 Å². The number of hydrogen-bond donors (Lipinski definition) is 1. The van der Waals surface area contributed by atoms with E-state index in [4.69, 9.17) is 0 Å². The zero-order chi connectivity index (χ0) is 20.9. The molecule has 29 heavy (non-hydrogen) atoms. The van der Waals surface area contributed by atoms with Gasteiger partial charge in [-0.15, -0.1) is 10.2 Å². The minimum atomic E-state index is -0.212. The molecule has 1 heterocycles. The summed E-state index contributed by atoms with van der Waals surface area (Å²) in [6.45, 7) is 8.63. The molecule has 0 saturated carbocycles. The van der Waals surface area contributed by atoms with Gasteiger partial charge in [0.2, 0.25) is 11.0 Å². The number of hydrogen-bond acceptors (Lipinski definition) is 5. The zero-order valence-electron chi connectivity index (χ0n) is 17.1. The van der Waals surface area contributed by atoms with Crippen LogP contribution in [0, 0.1) is 6.92 Å². The van der Waals surface area contributed by atoms with Gasteiger partial charge in [-0.1, -0.05) is 98.0 Å². The lowest BCUT2D eigenvalue weighted by Gasteiger charge is -2.18. The molecule has 0 aliphatic carbocycles. The molecule has 6 heteroatoms. The fourth-order valence-electron chi connectivity index (χ4n) is 2.68. The smallest absolute Gasteiger partial charge is 0.250 e. The van der Waals surface area contributed by atoms with Gasteiger partial charge in [0.05, 0.1) is 0 Å². The Balaban J connectivity index is 1.52. The molecular weight excluding hydrogens is 398 g/mol. The first-order valence-electron chi connectivity index (χ1n) is 9.41. The normalized spacial score (nSPS) is 11.7. The number of rotatable bonds is 6. The Morgan fingerprint density at radius 2 is 1.90 bits per heavy atom. The van der Waals surface area contributed by atoms with E-state index in [2.05, 4.69) is 79.6 Å². The quantitative estimate of drug-likeness (QED) is 0.296. The molecular formula is C23H25N3OS2. The van der Waals surface area contributed by atoms with Crippen LogP contribution in [0.25, 0.3) is 6.08 Å². The predicted molar refractivity (Wildman–Crippen MR) is 123 cm³/mol. The van der Waals surface area contributed by atoms with E-state index in [1.54, 1.807) is 17.8 Å². The molecule has 0 radical (unpaired) electrons. The zero-order valence-corrected chi connectivity index (χ0v) is 18.7. The van der Waals surface area contributed by atoms with Crippen molar-refractivity contribution in [3.8, 4) is 0 Å². The largest absolute Gasteiger partial charge is 0.297 e. The Morgan fingerprint density at radius 1 is 1.14 bits per heavy atom. The van der Waals surface area contributed by atoms with Gasteiger partial charge in [-0.25, -0.2) is 0 Å². The molecule has 0 spiro atoms. The molecule has 3 rings (SSSR count). The van der Waals surface area contributed by atoms with Crippen molar-refractivity contribution >= 4 is 40.2 Å². The summed E-state index contributed by atoms with van der Waals surface area (Å²) in [4.78, 5) is 12.2. The van der Waals surface area contributed by atoms with Crippen molar-refractivity contribution in [3.63, 3.8) is 0 Å². The first-order chi connectivity index (χ1) is 13.8. The van der Waals surface area contributed by atoms with Gasteiger partial charge < -0.3 is 0 Å². The second kappa shape index (κ2) is 9.37. The molecule has 2 aromatic carbocycles. The number of anilines is 1. The van der Waals surface area contributed by atoms with E-state index in [0.29, 0.717) is 5.13 Å². The Labute approximate surface area is 180 Å². The number of thioether (sulfide) groups is 1. The number of carbonyl (C=O) groups is 1. The van der Waals surface area contributed by atoms with Crippen LogP contribution in [-0.4, -0.2) is 16.1 Å². The van der Waals surface area contributed by atoms with Crippen molar-refractivity contribution in [2.24, 2.45) is 0 Å². The predicted octanol–water partition coefficient (Wildman–Crippen LogP) is 6.09. The van der Waals surface area contributed by atoms with Crippen LogP contribution >= 0.6 is 23.1 Å².